The quantitative estimate of drug-likeness (QED) is 0.700. The predicted octanol–water partition coefficient (Wildman–Crippen LogP) is 4.52. The number of rotatable bonds is 1. The number of thiophene rings is 1. The summed E-state index contributed by atoms with van der Waals surface area (Å²) in [4.78, 5) is 21.2. The topological polar surface area (TPSA) is 59.2 Å². The van der Waals surface area contributed by atoms with Gasteiger partial charge in [0.15, 0.2) is 0 Å². The summed E-state index contributed by atoms with van der Waals surface area (Å²) in [5.41, 5.74) is 10.3. The van der Waals surface area contributed by atoms with E-state index in [0.717, 1.165) is 40.6 Å². The van der Waals surface area contributed by atoms with E-state index in [4.69, 9.17) is 10.7 Å². The standard InChI is InChI=1S/C20H23N3OS/c1-11-5-4-6-23(10-11)20(24)18-17(21)15-9-14-13(3)7-12(2)8-16(14)22-19(15)25-18/h7-9,11H,4-6,10,21H2,1-3H3/t11-/m0/s1. The molecule has 1 aliphatic heterocycles. The molecule has 1 fully saturated rings. The number of likely N-dealkylation sites (tertiary alicyclic amines) is 1. The Morgan fingerprint density at radius 2 is 2.08 bits per heavy atom. The number of hydrogen-bond acceptors (Lipinski definition) is 4. The highest BCUT2D eigenvalue weighted by atomic mass is 32.1. The largest absolute Gasteiger partial charge is 0.397 e. The van der Waals surface area contributed by atoms with Gasteiger partial charge in [-0.15, -0.1) is 11.3 Å². The maximum Gasteiger partial charge on any atom is 0.266 e. The summed E-state index contributed by atoms with van der Waals surface area (Å²) in [7, 11) is 0. The molecule has 1 aliphatic rings. The Balaban J connectivity index is 1.83. The number of nitrogens with two attached hydrogens (primary N) is 1. The molecule has 3 heterocycles. The second kappa shape index (κ2) is 5.99. The van der Waals surface area contributed by atoms with E-state index in [9.17, 15) is 4.79 Å². The van der Waals surface area contributed by atoms with Gasteiger partial charge < -0.3 is 10.6 Å². The SMILES string of the molecule is Cc1cc(C)c2cc3c(N)c(C(=O)N4CCC[C@H](C)C4)sc3nc2c1. The minimum atomic E-state index is 0.0593. The predicted molar refractivity (Wildman–Crippen MR) is 105 cm³/mol. The summed E-state index contributed by atoms with van der Waals surface area (Å²) < 4.78 is 0. The molecule has 0 radical (unpaired) electrons. The van der Waals surface area contributed by atoms with Gasteiger partial charge in [-0.3, -0.25) is 4.79 Å². The first kappa shape index (κ1) is 16.3. The molecule has 1 amide bonds. The Labute approximate surface area is 151 Å². The van der Waals surface area contributed by atoms with Crippen LogP contribution in [0.15, 0.2) is 18.2 Å². The van der Waals surface area contributed by atoms with Gasteiger partial charge in [0.2, 0.25) is 0 Å². The fourth-order valence-corrected chi connectivity index (χ4v) is 4.89. The minimum Gasteiger partial charge on any atom is -0.397 e. The van der Waals surface area contributed by atoms with E-state index in [1.807, 2.05) is 4.90 Å². The molecular formula is C20H23N3OS. The molecule has 3 aromatic rings. The van der Waals surface area contributed by atoms with Crippen molar-refractivity contribution in [3.63, 3.8) is 0 Å². The Morgan fingerprint density at radius 3 is 2.84 bits per heavy atom. The molecule has 5 heteroatoms. The van der Waals surface area contributed by atoms with Crippen molar-refractivity contribution in [3.05, 3.63) is 34.2 Å². The van der Waals surface area contributed by atoms with Crippen LogP contribution in [-0.2, 0) is 0 Å². The lowest BCUT2D eigenvalue weighted by Gasteiger charge is -2.30. The van der Waals surface area contributed by atoms with Gasteiger partial charge in [-0.25, -0.2) is 4.98 Å². The Morgan fingerprint density at radius 1 is 1.28 bits per heavy atom. The number of pyridine rings is 1. The summed E-state index contributed by atoms with van der Waals surface area (Å²) in [6.07, 6.45) is 2.26. The first-order valence-corrected chi connectivity index (χ1v) is 9.65. The molecule has 1 saturated heterocycles. The number of piperidine rings is 1. The number of fused-ring (bicyclic) bond motifs is 2. The van der Waals surface area contributed by atoms with E-state index in [1.54, 1.807) is 0 Å². The lowest BCUT2D eigenvalue weighted by molar-refractivity contribution is 0.0689. The molecule has 0 bridgehead atoms. The average Bonchev–Trinajstić information content (AvgIpc) is 2.88. The fraction of sp³-hybridized carbons (Fsp3) is 0.400. The van der Waals surface area contributed by atoms with Crippen molar-refractivity contribution in [3.8, 4) is 0 Å². The van der Waals surface area contributed by atoms with Crippen LogP contribution in [0.2, 0.25) is 0 Å². The minimum absolute atomic E-state index is 0.0593. The van der Waals surface area contributed by atoms with Crippen LogP contribution in [0.4, 0.5) is 5.69 Å². The van der Waals surface area contributed by atoms with E-state index in [2.05, 4.69) is 39.0 Å². The molecule has 0 unspecified atom stereocenters. The van der Waals surface area contributed by atoms with Crippen LogP contribution < -0.4 is 5.73 Å². The van der Waals surface area contributed by atoms with Crippen molar-refractivity contribution in [2.45, 2.75) is 33.6 Å². The highest BCUT2D eigenvalue weighted by Gasteiger charge is 2.26. The van der Waals surface area contributed by atoms with Crippen LogP contribution in [0.1, 0.15) is 40.6 Å². The number of carbonyl (C=O) groups is 1. The third kappa shape index (κ3) is 2.76. The number of amides is 1. The van der Waals surface area contributed by atoms with Gasteiger partial charge in [0.25, 0.3) is 5.91 Å². The molecule has 130 valence electrons. The van der Waals surface area contributed by atoms with Gasteiger partial charge in [-0.05, 0) is 55.9 Å². The first-order chi connectivity index (χ1) is 11.9. The smallest absolute Gasteiger partial charge is 0.266 e. The molecule has 4 nitrogen and oxygen atoms in total. The number of hydrogen-bond donors (Lipinski definition) is 1. The first-order valence-electron chi connectivity index (χ1n) is 8.83. The zero-order valence-electron chi connectivity index (χ0n) is 14.9. The second-order valence-corrected chi connectivity index (χ2v) is 8.33. The zero-order chi connectivity index (χ0) is 17.7. The van der Waals surface area contributed by atoms with Gasteiger partial charge in [0.1, 0.15) is 9.71 Å². The number of nitrogens with zero attached hydrogens (tertiary/aromatic N) is 2. The van der Waals surface area contributed by atoms with Crippen LogP contribution in [0.5, 0.6) is 0 Å². The Bertz CT molecular complexity index is 992. The molecule has 0 spiro atoms. The van der Waals surface area contributed by atoms with E-state index in [-0.39, 0.29) is 5.91 Å². The number of anilines is 1. The van der Waals surface area contributed by atoms with Crippen molar-refractivity contribution < 1.29 is 4.79 Å². The van der Waals surface area contributed by atoms with Gasteiger partial charge in [-0.2, -0.15) is 0 Å². The molecule has 1 atom stereocenters. The maximum absolute atomic E-state index is 13.0. The Hall–Kier alpha value is -2.14. The summed E-state index contributed by atoms with van der Waals surface area (Å²) in [6.45, 7) is 8.01. The average molecular weight is 353 g/mol. The van der Waals surface area contributed by atoms with Gasteiger partial charge in [0, 0.05) is 23.9 Å². The fourth-order valence-electron chi connectivity index (χ4n) is 3.83. The summed E-state index contributed by atoms with van der Waals surface area (Å²) in [5.74, 6) is 0.614. The third-order valence-corrected chi connectivity index (χ3v) is 6.23. The van der Waals surface area contributed by atoms with Crippen LogP contribution in [-0.4, -0.2) is 28.9 Å². The van der Waals surface area contributed by atoms with Crippen molar-refractivity contribution in [2.75, 3.05) is 18.8 Å². The second-order valence-electron chi connectivity index (χ2n) is 7.33. The van der Waals surface area contributed by atoms with E-state index >= 15 is 0 Å². The van der Waals surface area contributed by atoms with Crippen LogP contribution in [0.3, 0.4) is 0 Å². The van der Waals surface area contributed by atoms with Gasteiger partial charge in [0.05, 0.1) is 11.2 Å². The number of carbonyl (C=O) groups excluding carboxylic acids is 1. The highest BCUT2D eigenvalue weighted by Crippen LogP contribution is 2.36. The van der Waals surface area contributed by atoms with Gasteiger partial charge >= 0.3 is 0 Å². The molecule has 2 N–H and O–H groups in total. The monoisotopic (exact) mass is 353 g/mol. The molecule has 4 rings (SSSR count). The summed E-state index contributed by atoms with van der Waals surface area (Å²) >= 11 is 1.43. The van der Waals surface area contributed by atoms with Crippen LogP contribution in [0, 0.1) is 19.8 Å². The maximum atomic E-state index is 13.0. The van der Waals surface area contributed by atoms with Crippen molar-refractivity contribution in [1.82, 2.24) is 9.88 Å². The van der Waals surface area contributed by atoms with Crippen molar-refractivity contribution in [1.29, 1.82) is 0 Å². The van der Waals surface area contributed by atoms with E-state index in [1.165, 1.54) is 28.9 Å². The van der Waals surface area contributed by atoms with Crippen molar-refractivity contribution >= 4 is 44.1 Å². The normalized spacial score (nSPS) is 18.2. The lowest BCUT2D eigenvalue weighted by Crippen LogP contribution is -2.38. The number of aryl methyl sites for hydroxylation is 2. The molecule has 2 aromatic heterocycles. The number of aromatic nitrogens is 1. The van der Waals surface area contributed by atoms with Crippen LogP contribution in [0.25, 0.3) is 21.1 Å². The van der Waals surface area contributed by atoms with E-state index < -0.39 is 0 Å². The lowest BCUT2D eigenvalue weighted by atomic mass is 10.00. The summed E-state index contributed by atoms with van der Waals surface area (Å²) in [5, 5.41) is 2.01. The molecule has 0 saturated carbocycles. The third-order valence-electron chi connectivity index (χ3n) is 5.12. The number of benzene rings is 1. The Kier molecular flexibility index (Phi) is 3.91. The van der Waals surface area contributed by atoms with Gasteiger partial charge in [-0.1, -0.05) is 13.0 Å². The van der Waals surface area contributed by atoms with Crippen molar-refractivity contribution in [2.24, 2.45) is 5.92 Å². The molecule has 1 aromatic carbocycles. The highest BCUT2D eigenvalue weighted by molar-refractivity contribution is 7.21. The molecule has 25 heavy (non-hydrogen) atoms. The number of nitrogen functional groups attached to an aromatic ring is 1. The summed E-state index contributed by atoms with van der Waals surface area (Å²) in [6, 6.07) is 6.33. The molecular weight excluding hydrogens is 330 g/mol. The zero-order valence-corrected chi connectivity index (χ0v) is 15.7. The van der Waals surface area contributed by atoms with E-state index in [0.29, 0.717) is 16.5 Å². The van der Waals surface area contributed by atoms with Crippen LogP contribution >= 0.6 is 11.3 Å². The molecule has 0 aliphatic carbocycles.